The van der Waals surface area contributed by atoms with Crippen LogP contribution in [0, 0.1) is 6.92 Å². The topological polar surface area (TPSA) is 72.5 Å². The van der Waals surface area contributed by atoms with Crippen LogP contribution in [0.3, 0.4) is 0 Å². The lowest BCUT2D eigenvalue weighted by Gasteiger charge is -2.13. The fourth-order valence-electron chi connectivity index (χ4n) is 2.61. The molecular weight excluding hydrogens is 338 g/mol. The minimum atomic E-state index is -3.97. The van der Waals surface area contributed by atoms with E-state index >= 15 is 0 Å². The zero-order chi connectivity index (χ0) is 18.0. The molecule has 0 atom stereocenters. The van der Waals surface area contributed by atoms with E-state index in [-0.39, 0.29) is 10.5 Å². The van der Waals surface area contributed by atoms with Crippen LogP contribution in [0.25, 0.3) is 10.8 Å². The van der Waals surface area contributed by atoms with Gasteiger partial charge >= 0.3 is 0 Å². The number of ether oxygens (including phenoxy) is 1. The van der Waals surface area contributed by atoms with E-state index in [4.69, 9.17) is 4.74 Å². The molecule has 1 N–H and O–H groups in total. The molecule has 3 aromatic rings. The highest BCUT2D eigenvalue weighted by Crippen LogP contribution is 2.28. The number of benzene rings is 3. The number of carbonyl (C=O) groups is 1. The van der Waals surface area contributed by atoms with Crippen molar-refractivity contribution in [2.45, 2.75) is 11.8 Å². The minimum absolute atomic E-state index is 0.0330. The number of methoxy groups -OCH3 is 1. The second-order valence-electron chi connectivity index (χ2n) is 5.61. The summed E-state index contributed by atoms with van der Waals surface area (Å²) in [5.41, 5.74) is 1.12. The Morgan fingerprint density at radius 3 is 2.32 bits per heavy atom. The summed E-state index contributed by atoms with van der Waals surface area (Å²) >= 11 is 0. The van der Waals surface area contributed by atoms with Crippen molar-refractivity contribution in [1.82, 2.24) is 4.72 Å². The van der Waals surface area contributed by atoms with Gasteiger partial charge in [0.25, 0.3) is 15.9 Å². The second-order valence-corrected chi connectivity index (χ2v) is 7.29. The fourth-order valence-corrected chi connectivity index (χ4v) is 3.56. The van der Waals surface area contributed by atoms with Gasteiger partial charge in [-0.25, -0.2) is 13.1 Å². The van der Waals surface area contributed by atoms with Crippen molar-refractivity contribution in [2.75, 3.05) is 7.11 Å². The van der Waals surface area contributed by atoms with Gasteiger partial charge in [-0.1, -0.05) is 48.0 Å². The first-order chi connectivity index (χ1) is 11.9. The predicted molar refractivity (Wildman–Crippen MR) is 96.3 cm³/mol. The molecular formula is C19H17NO4S. The van der Waals surface area contributed by atoms with E-state index in [0.717, 1.165) is 10.9 Å². The maximum absolute atomic E-state index is 12.7. The van der Waals surface area contributed by atoms with E-state index in [2.05, 4.69) is 4.72 Å². The number of sulfonamides is 1. The number of hydrogen-bond acceptors (Lipinski definition) is 4. The number of nitrogens with one attached hydrogen (secondary N) is 1. The van der Waals surface area contributed by atoms with E-state index in [1.807, 2.05) is 25.1 Å². The van der Waals surface area contributed by atoms with Crippen molar-refractivity contribution in [3.05, 3.63) is 71.8 Å². The summed E-state index contributed by atoms with van der Waals surface area (Å²) < 4.78 is 32.4. The van der Waals surface area contributed by atoms with Crippen LogP contribution in [0.2, 0.25) is 0 Å². The maximum atomic E-state index is 12.7. The molecule has 0 aromatic heterocycles. The molecule has 0 aliphatic heterocycles. The molecule has 25 heavy (non-hydrogen) atoms. The molecule has 6 heteroatoms. The minimum Gasteiger partial charge on any atom is -0.496 e. The van der Waals surface area contributed by atoms with E-state index in [1.54, 1.807) is 30.3 Å². The van der Waals surface area contributed by atoms with Gasteiger partial charge < -0.3 is 4.74 Å². The third-order valence-corrected chi connectivity index (χ3v) is 5.24. The molecule has 0 spiro atoms. The quantitative estimate of drug-likeness (QED) is 0.779. The molecule has 3 aromatic carbocycles. The summed E-state index contributed by atoms with van der Waals surface area (Å²) in [7, 11) is -2.53. The van der Waals surface area contributed by atoms with Gasteiger partial charge in [0.05, 0.1) is 17.6 Å². The van der Waals surface area contributed by atoms with Crippen molar-refractivity contribution in [3.63, 3.8) is 0 Å². The Balaban J connectivity index is 2.04. The lowest BCUT2D eigenvalue weighted by molar-refractivity contribution is 0.0980. The highest BCUT2D eigenvalue weighted by molar-refractivity contribution is 7.90. The molecule has 0 bridgehead atoms. The molecule has 5 nitrogen and oxygen atoms in total. The Labute approximate surface area is 146 Å². The Kier molecular flexibility index (Phi) is 4.46. The number of fused-ring (bicyclic) bond motifs is 1. The Bertz CT molecular complexity index is 1040. The second kappa shape index (κ2) is 6.57. The highest BCUT2D eigenvalue weighted by Gasteiger charge is 2.23. The van der Waals surface area contributed by atoms with Crippen LogP contribution in [0.15, 0.2) is 65.6 Å². The summed E-state index contributed by atoms with van der Waals surface area (Å²) in [4.78, 5) is 12.8. The molecule has 0 fully saturated rings. The Morgan fingerprint density at radius 1 is 0.960 bits per heavy atom. The van der Waals surface area contributed by atoms with Gasteiger partial charge in [0, 0.05) is 0 Å². The third kappa shape index (κ3) is 3.34. The van der Waals surface area contributed by atoms with Crippen LogP contribution in [0.5, 0.6) is 5.75 Å². The van der Waals surface area contributed by atoms with Crippen LogP contribution < -0.4 is 9.46 Å². The van der Waals surface area contributed by atoms with Crippen molar-refractivity contribution in [1.29, 1.82) is 0 Å². The van der Waals surface area contributed by atoms with Crippen molar-refractivity contribution in [3.8, 4) is 5.75 Å². The smallest absolute Gasteiger partial charge is 0.269 e. The lowest BCUT2D eigenvalue weighted by Crippen LogP contribution is -2.31. The summed E-state index contributed by atoms with van der Waals surface area (Å²) in [6, 6.07) is 17.0. The molecule has 3 rings (SSSR count). The summed E-state index contributed by atoms with van der Waals surface area (Å²) in [6.45, 7) is 1.86. The van der Waals surface area contributed by atoms with Crippen LogP contribution in [0.4, 0.5) is 0 Å². The van der Waals surface area contributed by atoms with Crippen molar-refractivity contribution < 1.29 is 17.9 Å². The van der Waals surface area contributed by atoms with E-state index < -0.39 is 15.9 Å². The number of hydrogen-bond donors (Lipinski definition) is 1. The molecule has 0 saturated heterocycles. The monoisotopic (exact) mass is 355 g/mol. The van der Waals surface area contributed by atoms with E-state index in [1.165, 1.54) is 19.2 Å². The fraction of sp³-hybridized carbons (Fsp3) is 0.105. The number of amides is 1. The molecule has 0 saturated carbocycles. The normalized spacial score (nSPS) is 11.3. The third-order valence-electron chi connectivity index (χ3n) is 3.90. The van der Waals surface area contributed by atoms with Gasteiger partial charge in [0.2, 0.25) is 0 Å². The van der Waals surface area contributed by atoms with Crippen LogP contribution in [-0.4, -0.2) is 21.4 Å². The first kappa shape index (κ1) is 17.0. The van der Waals surface area contributed by atoms with Gasteiger partial charge in [-0.3, -0.25) is 4.79 Å². The van der Waals surface area contributed by atoms with E-state index in [9.17, 15) is 13.2 Å². The van der Waals surface area contributed by atoms with Gasteiger partial charge in [-0.05, 0) is 35.9 Å². The number of aryl methyl sites for hydroxylation is 1. The summed E-state index contributed by atoms with van der Waals surface area (Å²) in [5.74, 6) is -0.412. The van der Waals surface area contributed by atoms with Crippen LogP contribution in [0.1, 0.15) is 15.9 Å². The lowest BCUT2D eigenvalue weighted by atomic mass is 10.0. The van der Waals surface area contributed by atoms with Crippen LogP contribution >= 0.6 is 0 Å². The Morgan fingerprint density at radius 2 is 1.64 bits per heavy atom. The molecule has 0 heterocycles. The SMILES string of the molecule is COc1ccc2ccccc2c1C(=O)NS(=O)(=O)c1ccc(C)cc1. The number of carbonyl (C=O) groups excluding carboxylic acids is 1. The Hall–Kier alpha value is -2.86. The average molecular weight is 355 g/mol. The number of rotatable bonds is 4. The zero-order valence-corrected chi connectivity index (χ0v) is 14.6. The highest BCUT2D eigenvalue weighted by atomic mass is 32.2. The summed E-state index contributed by atoms with van der Waals surface area (Å²) in [5, 5.41) is 1.44. The first-order valence-electron chi connectivity index (χ1n) is 7.62. The average Bonchev–Trinajstić information content (AvgIpc) is 2.60. The standard InChI is InChI=1S/C19H17NO4S/c1-13-7-10-15(11-8-13)25(22,23)20-19(21)18-16-6-4-3-5-14(16)9-12-17(18)24-2/h3-12H,1-2H3,(H,20,21). The molecule has 0 aliphatic rings. The van der Waals surface area contributed by atoms with Gasteiger partial charge in [-0.15, -0.1) is 0 Å². The van der Waals surface area contributed by atoms with Crippen molar-refractivity contribution >= 4 is 26.7 Å². The molecule has 128 valence electrons. The molecule has 0 aliphatic carbocycles. The first-order valence-corrected chi connectivity index (χ1v) is 9.10. The van der Waals surface area contributed by atoms with Gasteiger partial charge in [0.1, 0.15) is 5.75 Å². The molecule has 1 amide bonds. The largest absolute Gasteiger partial charge is 0.496 e. The summed E-state index contributed by atoms with van der Waals surface area (Å²) in [6.07, 6.45) is 0. The molecule has 0 unspecified atom stereocenters. The predicted octanol–water partition coefficient (Wildman–Crippen LogP) is 3.28. The molecule has 0 radical (unpaired) electrons. The van der Waals surface area contributed by atoms with E-state index in [0.29, 0.717) is 11.1 Å². The van der Waals surface area contributed by atoms with Crippen LogP contribution in [-0.2, 0) is 10.0 Å². The zero-order valence-electron chi connectivity index (χ0n) is 13.8. The van der Waals surface area contributed by atoms with Gasteiger partial charge in [-0.2, -0.15) is 0 Å². The van der Waals surface area contributed by atoms with Crippen molar-refractivity contribution in [2.24, 2.45) is 0 Å². The maximum Gasteiger partial charge on any atom is 0.269 e. The van der Waals surface area contributed by atoms with Gasteiger partial charge in [0.15, 0.2) is 0 Å².